The number of hydrogen-bond acceptors (Lipinski definition) is 1. The molecule has 0 N–H and O–H groups in total. The fraction of sp³-hybridized carbons (Fsp3) is 0.625. The zero-order chi connectivity index (χ0) is 13.9. The SMILES string of the molecule is CN(CCCCCCCCCBr)c1cccc(F)c1. The topological polar surface area (TPSA) is 3.24 Å². The highest BCUT2D eigenvalue weighted by molar-refractivity contribution is 9.09. The van der Waals surface area contributed by atoms with Crippen LogP contribution in [-0.4, -0.2) is 18.9 Å². The summed E-state index contributed by atoms with van der Waals surface area (Å²) >= 11 is 3.45. The van der Waals surface area contributed by atoms with Crippen molar-refractivity contribution in [3.63, 3.8) is 0 Å². The van der Waals surface area contributed by atoms with Gasteiger partial charge < -0.3 is 4.90 Å². The van der Waals surface area contributed by atoms with Crippen LogP contribution in [0.25, 0.3) is 0 Å². The lowest BCUT2D eigenvalue weighted by atomic mass is 10.1. The van der Waals surface area contributed by atoms with Gasteiger partial charge in [0.05, 0.1) is 0 Å². The molecule has 0 fully saturated rings. The largest absolute Gasteiger partial charge is 0.375 e. The molecule has 0 unspecified atom stereocenters. The van der Waals surface area contributed by atoms with E-state index in [9.17, 15) is 4.39 Å². The first-order valence-corrected chi connectivity index (χ1v) is 8.39. The Kier molecular flexibility index (Phi) is 8.89. The van der Waals surface area contributed by atoms with Gasteiger partial charge in [0.2, 0.25) is 0 Å². The molecule has 1 aromatic carbocycles. The standard InChI is InChI=1S/C16H25BrFN/c1-19(16-11-9-10-15(18)14-16)13-8-6-4-2-3-5-7-12-17/h9-11,14H,2-8,12-13H2,1H3. The molecule has 108 valence electrons. The maximum absolute atomic E-state index is 13.1. The van der Waals surface area contributed by atoms with E-state index >= 15 is 0 Å². The molecular weight excluding hydrogens is 305 g/mol. The highest BCUT2D eigenvalue weighted by atomic mass is 79.9. The van der Waals surface area contributed by atoms with E-state index in [0.717, 1.165) is 17.6 Å². The molecule has 1 aromatic rings. The molecular formula is C16H25BrFN. The van der Waals surface area contributed by atoms with Crippen molar-refractivity contribution >= 4 is 21.6 Å². The molecule has 0 heterocycles. The molecule has 0 aromatic heterocycles. The minimum absolute atomic E-state index is 0.156. The first kappa shape index (κ1) is 16.5. The van der Waals surface area contributed by atoms with E-state index < -0.39 is 0 Å². The zero-order valence-electron chi connectivity index (χ0n) is 11.9. The second-order valence-electron chi connectivity index (χ2n) is 5.07. The van der Waals surface area contributed by atoms with E-state index in [2.05, 4.69) is 20.8 Å². The van der Waals surface area contributed by atoms with Crippen LogP contribution in [0, 0.1) is 5.82 Å². The highest BCUT2D eigenvalue weighted by Gasteiger charge is 2.01. The predicted molar refractivity (Wildman–Crippen MR) is 85.8 cm³/mol. The van der Waals surface area contributed by atoms with E-state index in [1.54, 1.807) is 12.1 Å². The van der Waals surface area contributed by atoms with E-state index in [1.807, 2.05) is 13.1 Å². The summed E-state index contributed by atoms with van der Waals surface area (Å²) < 4.78 is 13.1. The van der Waals surface area contributed by atoms with Crippen LogP contribution in [0.5, 0.6) is 0 Å². The minimum atomic E-state index is -0.156. The van der Waals surface area contributed by atoms with E-state index in [0.29, 0.717) is 0 Å². The summed E-state index contributed by atoms with van der Waals surface area (Å²) in [7, 11) is 2.03. The molecule has 0 aliphatic carbocycles. The van der Waals surface area contributed by atoms with Gasteiger partial charge in [-0.05, 0) is 31.0 Å². The summed E-state index contributed by atoms with van der Waals surface area (Å²) in [6.07, 6.45) is 9.11. The van der Waals surface area contributed by atoms with Crippen molar-refractivity contribution in [1.29, 1.82) is 0 Å². The maximum Gasteiger partial charge on any atom is 0.125 e. The number of anilines is 1. The highest BCUT2D eigenvalue weighted by Crippen LogP contribution is 2.15. The van der Waals surface area contributed by atoms with Crippen molar-refractivity contribution in [2.24, 2.45) is 0 Å². The number of alkyl halides is 1. The molecule has 0 aliphatic rings. The Hall–Kier alpha value is -0.570. The van der Waals surface area contributed by atoms with Gasteiger partial charge in [0.1, 0.15) is 5.82 Å². The van der Waals surface area contributed by atoms with Gasteiger partial charge in [-0.15, -0.1) is 0 Å². The smallest absolute Gasteiger partial charge is 0.125 e. The van der Waals surface area contributed by atoms with Gasteiger partial charge in [0.25, 0.3) is 0 Å². The quantitative estimate of drug-likeness (QED) is 0.411. The van der Waals surface area contributed by atoms with E-state index in [-0.39, 0.29) is 5.82 Å². The second kappa shape index (κ2) is 10.2. The molecule has 0 saturated carbocycles. The normalized spacial score (nSPS) is 10.7. The van der Waals surface area contributed by atoms with Gasteiger partial charge >= 0.3 is 0 Å². The molecule has 0 saturated heterocycles. The summed E-state index contributed by atoms with van der Waals surface area (Å²) in [6, 6.07) is 6.82. The molecule has 19 heavy (non-hydrogen) atoms. The van der Waals surface area contributed by atoms with Crippen molar-refractivity contribution in [2.45, 2.75) is 44.9 Å². The number of benzene rings is 1. The number of rotatable bonds is 10. The van der Waals surface area contributed by atoms with Crippen molar-refractivity contribution in [3.8, 4) is 0 Å². The van der Waals surface area contributed by atoms with Gasteiger partial charge in [0.15, 0.2) is 0 Å². The fourth-order valence-corrected chi connectivity index (χ4v) is 2.57. The minimum Gasteiger partial charge on any atom is -0.375 e. The summed E-state index contributed by atoms with van der Waals surface area (Å²) in [5.41, 5.74) is 0.970. The molecule has 1 rings (SSSR count). The third-order valence-electron chi connectivity index (χ3n) is 3.38. The van der Waals surface area contributed by atoms with Crippen LogP contribution in [0.15, 0.2) is 24.3 Å². The van der Waals surface area contributed by atoms with Crippen molar-refractivity contribution in [3.05, 3.63) is 30.1 Å². The molecule has 3 heteroatoms. The third-order valence-corrected chi connectivity index (χ3v) is 3.94. The summed E-state index contributed by atoms with van der Waals surface area (Å²) in [6.45, 7) is 1.00. The van der Waals surface area contributed by atoms with Crippen LogP contribution in [-0.2, 0) is 0 Å². The predicted octanol–water partition coefficient (Wildman–Crippen LogP) is 5.39. The maximum atomic E-state index is 13.1. The zero-order valence-corrected chi connectivity index (χ0v) is 13.5. The molecule has 0 aliphatic heterocycles. The molecule has 0 atom stereocenters. The van der Waals surface area contributed by atoms with Crippen molar-refractivity contribution in [1.82, 2.24) is 0 Å². The van der Waals surface area contributed by atoms with Crippen molar-refractivity contribution in [2.75, 3.05) is 23.8 Å². The van der Waals surface area contributed by atoms with Gasteiger partial charge in [-0.3, -0.25) is 0 Å². The van der Waals surface area contributed by atoms with Gasteiger partial charge in [-0.2, -0.15) is 0 Å². The second-order valence-corrected chi connectivity index (χ2v) is 5.86. The van der Waals surface area contributed by atoms with Crippen LogP contribution >= 0.6 is 15.9 Å². The molecule has 1 nitrogen and oxygen atoms in total. The summed E-state index contributed by atoms with van der Waals surface area (Å²) in [5, 5.41) is 1.13. The van der Waals surface area contributed by atoms with Crippen LogP contribution in [0.3, 0.4) is 0 Å². The fourth-order valence-electron chi connectivity index (χ4n) is 2.17. The Balaban J connectivity index is 2.06. The Labute approximate surface area is 125 Å². The Bertz CT molecular complexity index is 343. The van der Waals surface area contributed by atoms with Crippen LogP contribution in [0.1, 0.15) is 44.9 Å². The van der Waals surface area contributed by atoms with E-state index in [1.165, 1.54) is 51.0 Å². The Morgan fingerprint density at radius 3 is 2.26 bits per heavy atom. The molecule has 0 bridgehead atoms. The summed E-state index contributed by atoms with van der Waals surface area (Å²) in [4.78, 5) is 2.13. The lowest BCUT2D eigenvalue weighted by Crippen LogP contribution is -2.18. The lowest BCUT2D eigenvalue weighted by molar-refractivity contribution is 0.589. The average Bonchev–Trinajstić information content (AvgIpc) is 2.41. The first-order valence-electron chi connectivity index (χ1n) is 7.26. The third kappa shape index (κ3) is 7.56. The lowest BCUT2D eigenvalue weighted by Gasteiger charge is -2.19. The number of unbranched alkanes of at least 4 members (excludes halogenated alkanes) is 6. The van der Waals surface area contributed by atoms with Crippen LogP contribution in [0.4, 0.5) is 10.1 Å². The molecule has 0 amide bonds. The van der Waals surface area contributed by atoms with E-state index in [4.69, 9.17) is 0 Å². The Morgan fingerprint density at radius 1 is 1.00 bits per heavy atom. The number of halogens is 2. The van der Waals surface area contributed by atoms with Crippen molar-refractivity contribution < 1.29 is 4.39 Å². The average molecular weight is 330 g/mol. The van der Waals surface area contributed by atoms with Gasteiger partial charge in [0, 0.05) is 24.6 Å². The monoisotopic (exact) mass is 329 g/mol. The van der Waals surface area contributed by atoms with Crippen LogP contribution in [0.2, 0.25) is 0 Å². The molecule has 0 spiro atoms. The first-order chi connectivity index (χ1) is 9.24. The summed E-state index contributed by atoms with van der Waals surface area (Å²) in [5.74, 6) is -0.156. The molecule has 0 radical (unpaired) electrons. The van der Waals surface area contributed by atoms with Gasteiger partial charge in [-0.1, -0.05) is 54.1 Å². The Morgan fingerprint density at radius 2 is 1.63 bits per heavy atom. The van der Waals surface area contributed by atoms with Crippen LogP contribution < -0.4 is 4.90 Å². The number of hydrogen-bond donors (Lipinski definition) is 0. The number of nitrogens with zero attached hydrogens (tertiary/aromatic N) is 1. The van der Waals surface area contributed by atoms with Gasteiger partial charge in [-0.25, -0.2) is 4.39 Å².